The summed E-state index contributed by atoms with van der Waals surface area (Å²) in [5.41, 5.74) is -16.3. The van der Waals surface area contributed by atoms with Crippen molar-refractivity contribution in [1.29, 1.82) is 0 Å². The molecule has 19 heteroatoms. The van der Waals surface area contributed by atoms with Crippen LogP contribution < -0.4 is 0 Å². The lowest BCUT2D eigenvalue weighted by atomic mass is 9.31. The lowest BCUT2D eigenvalue weighted by molar-refractivity contribution is -0.497. The number of rotatable bonds is 10. The summed E-state index contributed by atoms with van der Waals surface area (Å²) in [4.78, 5) is 81.4. The molecule has 4 heterocycles. The molecule has 3 saturated heterocycles. The van der Waals surface area contributed by atoms with Gasteiger partial charge in [-0.15, -0.1) is 0 Å². The lowest BCUT2D eigenvalue weighted by Crippen LogP contribution is -2.99. The van der Waals surface area contributed by atoms with Crippen LogP contribution in [-0.2, 0) is 71.4 Å². The summed E-state index contributed by atoms with van der Waals surface area (Å²) in [6.45, 7) is 9.50. The number of carbonyl (C=O) groups excluding carboxylic acids is 6. The molecule has 4 saturated carbocycles. The number of fused-ring (bicyclic) bond motifs is 3. The van der Waals surface area contributed by atoms with Crippen LogP contribution in [0.3, 0.4) is 0 Å². The smallest absolute Gasteiger partial charge is 0.338 e. The number of methoxy groups -OCH3 is 1. The van der Waals surface area contributed by atoms with Gasteiger partial charge in [0, 0.05) is 64.4 Å². The van der Waals surface area contributed by atoms with Crippen molar-refractivity contribution in [3.05, 3.63) is 35.5 Å². The molecule has 19 nitrogen and oxygen atoms in total. The van der Waals surface area contributed by atoms with Gasteiger partial charge in [-0.3, -0.25) is 24.0 Å². The molecule has 3 aliphatic heterocycles. The van der Waals surface area contributed by atoms with Gasteiger partial charge in [-0.2, -0.15) is 0 Å². The van der Waals surface area contributed by atoms with Crippen LogP contribution in [0.15, 0.2) is 34.3 Å². The minimum Gasteiger partial charge on any atom is -0.512 e. The maximum atomic E-state index is 14.9. The van der Waals surface area contributed by atoms with Gasteiger partial charge in [-0.25, -0.2) is 4.79 Å². The van der Waals surface area contributed by atoms with Gasteiger partial charge in [0.1, 0.15) is 48.0 Å². The largest absolute Gasteiger partial charge is 0.512 e. The predicted molar refractivity (Wildman–Crippen MR) is 188 cm³/mol. The quantitative estimate of drug-likeness (QED) is 0.131. The summed E-state index contributed by atoms with van der Waals surface area (Å²) in [5, 5.41) is 39.6. The van der Waals surface area contributed by atoms with E-state index in [1.54, 1.807) is 6.92 Å². The standard InChI is InChI=1S/C40H48O19/c1-10-22(45)25-26-34(7,28(53-18(3)42)21-11-12-51-14-21)29(54-19(4)43)27(47)40-36(16-52-17(2)41)23(13-24(46)50-9)33(6)15-37(36)38(49,31(33)55-20(5)44)32(56-30(25)48)39(26,40)58-35(8,57-37)59-40/h11-12,14,23,26-29,31-32,45,47,49H,10,13,15-16H2,1-9H3/t23-,26+,27+,28-,29-,31-,32+,33-,34+,35?,36+,37+,38-,39+,40-/m0/s1. The van der Waals surface area contributed by atoms with E-state index in [-0.39, 0.29) is 18.4 Å². The highest BCUT2D eigenvalue weighted by Gasteiger charge is 3.08. The molecule has 1 aromatic rings. The topological polar surface area (TPSA) is 259 Å². The Bertz CT molecular complexity index is 2080. The van der Waals surface area contributed by atoms with Crippen molar-refractivity contribution in [3.63, 3.8) is 0 Å². The molecule has 4 aliphatic carbocycles. The van der Waals surface area contributed by atoms with Crippen molar-refractivity contribution in [2.75, 3.05) is 13.7 Å². The van der Waals surface area contributed by atoms with Crippen LogP contribution in [-0.4, -0.2) is 118 Å². The number of allylic oxidation sites excluding steroid dienone is 1. The van der Waals surface area contributed by atoms with Crippen molar-refractivity contribution in [3.8, 4) is 0 Å². The van der Waals surface area contributed by atoms with Crippen molar-refractivity contribution >= 4 is 35.8 Å². The molecule has 1 aromatic heterocycles. The number of esters is 6. The fraction of sp³-hybridized carbons (Fsp3) is 0.700. The molecule has 15 atom stereocenters. The SMILES string of the molecule is CCC(O)=C1C(=O)O[C@@H]2[C@@]3(O)[C@@H](OC(C)=O)[C@@]4(C)C[C@]35OC3(C)O[C@]26[C@H]1[C@](C)([C@@H](OC(C)=O)c1ccoc1)[C@@H](OC(C)=O)[C@@H](O)[C@]6(O3)[C@]5(COC(C)=O)[C@H]4CC(=O)OC. The fourth-order valence-electron chi connectivity index (χ4n) is 13.4. The molecule has 59 heavy (non-hydrogen) atoms. The van der Waals surface area contributed by atoms with Gasteiger partial charge in [0.15, 0.2) is 17.3 Å². The van der Waals surface area contributed by atoms with Crippen LogP contribution in [0.1, 0.15) is 86.3 Å². The van der Waals surface area contributed by atoms with Crippen molar-refractivity contribution < 1.29 is 91.1 Å². The monoisotopic (exact) mass is 832 g/mol. The average molecular weight is 833 g/mol. The number of aliphatic hydroxyl groups is 3. The third-order valence-electron chi connectivity index (χ3n) is 14.6. The molecule has 8 rings (SSSR count). The van der Waals surface area contributed by atoms with E-state index >= 15 is 0 Å². The van der Waals surface area contributed by atoms with E-state index in [2.05, 4.69) is 0 Å². The normalized spacial score (nSPS) is 46.7. The van der Waals surface area contributed by atoms with Crippen molar-refractivity contribution in [1.82, 2.24) is 0 Å². The van der Waals surface area contributed by atoms with Crippen LogP contribution >= 0.6 is 0 Å². The summed E-state index contributed by atoms with van der Waals surface area (Å²) in [6, 6.07) is 1.44. The zero-order valence-electron chi connectivity index (χ0n) is 34.0. The van der Waals surface area contributed by atoms with Crippen molar-refractivity contribution in [2.24, 2.45) is 28.1 Å². The second kappa shape index (κ2) is 12.5. The van der Waals surface area contributed by atoms with E-state index in [0.717, 1.165) is 34.8 Å². The van der Waals surface area contributed by atoms with Crippen LogP contribution in [0.4, 0.5) is 0 Å². The first kappa shape index (κ1) is 41.2. The molecule has 0 aromatic carbocycles. The van der Waals surface area contributed by atoms with Gasteiger partial charge in [-0.05, 0) is 18.4 Å². The number of carbonyl (C=O) groups is 6. The average Bonchev–Trinajstić information content (AvgIpc) is 3.85. The molecule has 0 amide bonds. The van der Waals surface area contributed by atoms with Gasteiger partial charge >= 0.3 is 35.8 Å². The van der Waals surface area contributed by atoms with E-state index < -0.39 is 147 Å². The van der Waals surface area contributed by atoms with Crippen LogP contribution in [0.25, 0.3) is 0 Å². The minimum atomic E-state index is -2.70. The summed E-state index contributed by atoms with van der Waals surface area (Å²) in [7, 11) is 1.14. The van der Waals surface area contributed by atoms with E-state index in [0.29, 0.717) is 0 Å². The number of hydrogen-bond acceptors (Lipinski definition) is 19. The molecular weight excluding hydrogens is 784 g/mol. The summed E-state index contributed by atoms with van der Waals surface area (Å²) in [5.74, 6) is -11.5. The fourth-order valence-corrected chi connectivity index (χ4v) is 13.4. The summed E-state index contributed by atoms with van der Waals surface area (Å²) in [6.07, 6.45) is -8.01. The third kappa shape index (κ3) is 4.44. The maximum absolute atomic E-state index is 14.9. The van der Waals surface area contributed by atoms with Crippen molar-refractivity contribution in [2.45, 2.75) is 134 Å². The number of hydrogen-bond donors (Lipinski definition) is 3. The highest BCUT2D eigenvalue weighted by Crippen LogP contribution is 2.90. The molecule has 1 unspecified atom stereocenters. The molecule has 7 fully saturated rings. The Balaban J connectivity index is 1.60. The first-order chi connectivity index (χ1) is 27.5. The number of furan rings is 1. The minimum absolute atomic E-state index is 0.145. The van der Waals surface area contributed by atoms with Gasteiger partial charge < -0.3 is 62.4 Å². The second-order valence-electron chi connectivity index (χ2n) is 17.4. The lowest BCUT2D eigenvalue weighted by Gasteiger charge is -2.78. The number of aliphatic hydroxyl groups excluding tert-OH is 2. The first-order valence-electron chi connectivity index (χ1n) is 19.4. The highest BCUT2D eigenvalue weighted by molar-refractivity contribution is 5.92. The van der Waals surface area contributed by atoms with E-state index in [1.807, 2.05) is 0 Å². The van der Waals surface area contributed by atoms with Gasteiger partial charge in [0.25, 0.3) is 5.97 Å². The maximum Gasteiger partial charge on any atom is 0.338 e. The number of ether oxygens (including phenoxy) is 9. The summed E-state index contributed by atoms with van der Waals surface area (Å²) < 4.78 is 62.1. The molecule has 3 N–H and O–H groups in total. The Morgan fingerprint density at radius 2 is 1.64 bits per heavy atom. The summed E-state index contributed by atoms with van der Waals surface area (Å²) >= 11 is 0. The zero-order valence-corrected chi connectivity index (χ0v) is 34.0. The van der Waals surface area contributed by atoms with E-state index in [9.17, 15) is 44.1 Å². The Morgan fingerprint density at radius 3 is 2.20 bits per heavy atom. The van der Waals surface area contributed by atoms with Gasteiger partial charge in [-0.1, -0.05) is 20.8 Å². The molecule has 4 bridgehead atoms. The Labute approximate surface area is 337 Å². The molecule has 3 spiro atoms. The molecule has 322 valence electrons. The Hall–Kier alpha value is -4.56. The van der Waals surface area contributed by atoms with Crippen LogP contribution in [0.5, 0.6) is 0 Å². The van der Waals surface area contributed by atoms with E-state index in [4.69, 9.17) is 47.0 Å². The second-order valence-corrected chi connectivity index (χ2v) is 17.4. The van der Waals surface area contributed by atoms with Gasteiger partial charge in [0.2, 0.25) is 0 Å². The van der Waals surface area contributed by atoms with E-state index in [1.165, 1.54) is 39.4 Å². The zero-order chi connectivity index (χ0) is 43.3. The predicted octanol–water partition coefficient (Wildman–Crippen LogP) is 1.76. The molecule has 7 aliphatic rings. The van der Waals surface area contributed by atoms with Crippen LogP contribution in [0.2, 0.25) is 0 Å². The van der Waals surface area contributed by atoms with Gasteiger partial charge in [0.05, 0.1) is 36.0 Å². The third-order valence-corrected chi connectivity index (χ3v) is 14.6. The molecule has 0 radical (unpaired) electrons. The first-order valence-corrected chi connectivity index (χ1v) is 19.4. The Morgan fingerprint density at radius 1 is 0.966 bits per heavy atom. The Kier molecular flexibility index (Phi) is 8.72. The molecular formula is C40H48O19. The van der Waals surface area contributed by atoms with Crippen LogP contribution in [0, 0.1) is 28.1 Å². The highest BCUT2D eigenvalue weighted by atomic mass is 16.9.